The minimum Gasteiger partial charge on any atom is -0.497 e. The molecule has 176 valence electrons. The summed E-state index contributed by atoms with van der Waals surface area (Å²) in [6, 6.07) is 22.1. The summed E-state index contributed by atoms with van der Waals surface area (Å²) in [5, 5.41) is 9.43. The number of rotatable bonds is 8. The lowest BCUT2D eigenvalue weighted by molar-refractivity contribution is 0.0612. The molecule has 1 saturated heterocycles. The molecule has 1 heterocycles. The van der Waals surface area contributed by atoms with Crippen molar-refractivity contribution >= 4 is 24.8 Å². The molecule has 4 nitrogen and oxygen atoms in total. The molecule has 32 heavy (non-hydrogen) atoms. The molecule has 3 unspecified atom stereocenters. The van der Waals surface area contributed by atoms with Crippen LogP contribution in [0, 0.1) is 17.2 Å². The first-order valence-corrected chi connectivity index (χ1v) is 11.0. The van der Waals surface area contributed by atoms with E-state index < -0.39 is 0 Å². The highest BCUT2D eigenvalue weighted by atomic mass is 35.5. The van der Waals surface area contributed by atoms with Crippen LogP contribution in [0.2, 0.25) is 0 Å². The van der Waals surface area contributed by atoms with Gasteiger partial charge in [-0.1, -0.05) is 49.4 Å². The standard InChI is InChI=1S/C26H35N3O.2ClH/c1-21-19-28(3)22(2)18-26(21,24-8-6-5-7-9-24)14-16-29(17-15-27)20-23-10-12-25(30-4)13-11-23;;/h5-13,21-22H,14,16-20H2,1-4H3;2*1H. The molecule has 2 aromatic carbocycles. The SMILES string of the molecule is COc1ccc(CN(CC#N)CCC2(c3ccccc3)CC(C)N(C)CC2C)cc1.Cl.Cl. The molecule has 2 aromatic rings. The Balaban J connectivity index is 0.00000256. The molecular formula is C26H37Cl2N3O. The van der Waals surface area contributed by atoms with Gasteiger partial charge < -0.3 is 9.64 Å². The highest BCUT2D eigenvalue weighted by molar-refractivity contribution is 5.85. The molecule has 0 aliphatic carbocycles. The summed E-state index contributed by atoms with van der Waals surface area (Å²) in [5.74, 6) is 1.42. The first-order chi connectivity index (χ1) is 14.5. The number of hydrogen-bond acceptors (Lipinski definition) is 4. The van der Waals surface area contributed by atoms with E-state index in [0.717, 1.165) is 38.2 Å². The zero-order valence-electron chi connectivity index (χ0n) is 19.7. The van der Waals surface area contributed by atoms with Crippen LogP contribution >= 0.6 is 24.8 Å². The van der Waals surface area contributed by atoms with Crippen LogP contribution in [0.5, 0.6) is 5.75 Å². The number of benzene rings is 2. The van der Waals surface area contributed by atoms with E-state index in [2.05, 4.69) is 79.2 Å². The fraction of sp³-hybridized carbons (Fsp3) is 0.500. The highest BCUT2D eigenvalue weighted by Crippen LogP contribution is 2.44. The van der Waals surface area contributed by atoms with Crippen molar-refractivity contribution < 1.29 is 4.74 Å². The van der Waals surface area contributed by atoms with Crippen molar-refractivity contribution in [1.29, 1.82) is 5.26 Å². The third kappa shape index (κ3) is 6.62. The zero-order valence-corrected chi connectivity index (χ0v) is 21.3. The average molecular weight is 479 g/mol. The zero-order chi connectivity index (χ0) is 21.6. The fourth-order valence-corrected chi connectivity index (χ4v) is 5.00. The minimum absolute atomic E-state index is 0. The van der Waals surface area contributed by atoms with Crippen molar-refractivity contribution in [2.24, 2.45) is 5.92 Å². The molecule has 0 N–H and O–H groups in total. The quantitative estimate of drug-likeness (QED) is 0.467. The maximum atomic E-state index is 9.43. The van der Waals surface area contributed by atoms with E-state index in [1.807, 2.05) is 12.1 Å². The summed E-state index contributed by atoms with van der Waals surface area (Å²) in [7, 11) is 3.92. The molecule has 1 aliphatic rings. The van der Waals surface area contributed by atoms with Crippen LogP contribution in [0.25, 0.3) is 0 Å². The molecule has 0 bridgehead atoms. The molecule has 3 atom stereocenters. The van der Waals surface area contributed by atoms with E-state index in [9.17, 15) is 5.26 Å². The van der Waals surface area contributed by atoms with Gasteiger partial charge in [-0.25, -0.2) is 0 Å². The van der Waals surface area contributed by atoms with E-state index in [1.54, 1.807) is 7.11 Å². The van der Waals surface area contributed by atoms with Crippen LogP contribution in [0.3, 0.4) is 0 Å². The summed E-state index contributed by atoms with van der Waals surface area (Å²) >= 11 is 0. The molecule has 0 saturated carbocycles. The van der Waals surface area contributed by atoms with Gasteiger partial charge in [0.25, 0.3) is 0 Å². The molecule has 0 radical (unpaired) electrons. The molecule has 1 fully saturated rings. The smallest absolute Gasteiger partial charge is 0.118 e. The van der Waals surface area contributed by atoms with Gasteiger partial charge in [0.05, 0.1) is 19.7 Å². The van der Waals surface area contributed by atoms with E-state index in [-0.39, 0.29) is 30.2 Å². The number of nitriles is 1. The van der Waals surface area contributed by atoms with E-state index in [0.29, 0.717) is 18.5 Å². The van der Waals surface area contributed by atoms with Gasteiger partial charge in [0.2, 0.25) is 0 Å². The van der Waals surface area contributed by atoms with E-state index >= 15 is 0 Å². The maximum absolute atomic E-state index is 9.43. The number of methoxy groups -OCH3 is 1. The van der Waals surface area contributed by atoms with Gasteiger partial charge in [0.15, 0.2) is 0 Å². The van der Waals surface area contributed by atoms with Crippen molar-refractivity contribution in [2.45, 2.75) is 44.7 Å². The van der Waals surface area contributed by atoms with Crippen LogP contribution in [0.4, 0.5) is 0 Å². The van der Waals surface area contributed by atoms with Crippen LogP contribution in [0.1, 0.15) is 37.8 Å². The Kier molecular flexibility index (Phi) is 11.5. The Labute approximate surface area is 206 Å². The summed E-state index contributed by atoms with van der Waals surface area (Å²) < 4.78 is 5.27. The van der Waals surface area contributed by atoms with Crippen molar-refractivity contribution in [3.63, 3.8) is 0 Å². The van der Waals surface area contributed by atoms with Gasteiger partial charge in [0, 0.05) is 31.1 Å². The molecule has 0 amide bonds. The fourth-order valence-electron chi connectivity index (χ4n) is 5.00. The molecule has 3 rings (SSSR count). The van der Waals surface area contributed by atoms with Gasteiger partial charge >= 0.3 is 0 Å². The number of nitrogens with zero attached hydrogens (tertiary/aromatic N) is 3. The van der Waals surface area contributed by atoms with Crippen LogP contribution in [0.15, 0.2) is 54.6 Å². The van der Waals surface area contributed by atoms with Crippen molar-refractivity contribution in [1.82, 2.24) is 9.80 Å². The third-order valence-corrected chi connectivity index (χ3v) is 7.00. The molecule has 6 heteroatoms. The molecule has 1 aliphatic heterocycles. The number of ether oxygens (including phenoxy) is 1. The van der Waals surface area contributed by atoms with E-state index in [1.165, 1.54) is 11.1 Å². The predicted molar refractivity (Wildman–Crippen MR) is 137 cm³/mol. The summed E-state index contributed by atoms with van der Waals surface area (Å²) in [6.07, 6.45) is 2.21. The normalized spacial score (nSPS) is 23.0. The van der Waals surface area contributed by atoms with Crippen LogP contribution in [-0.2, 0) is 12.0 Å². The Hall–Kier alpha value is -1.77. The van der Waals surface area contributed by atoms with Gasteiger partial charge in [-0.2, -0.15) is 5.26 Å². The minimum atomic E-state index is 0. The number of hydrogen-bond donors (Lipinski definition) is 0. The Morgan fingerprint density at radius 1 is 1.09 bits per heavy atom. The predicted octanol–water partition coefficient (Wildman–Crippen LogP) is 5.55. The lowest BCUT2D eigenvalue weighted by Gasteiger charge is -2.50. The maximum Gasteiger partial charge on any atom is 0.118 e. The first kappa shape index (κ1) is 28.3. The summed E-state index contributed by atoms with van der Waals surface area (Å²) in [4.78, 5) is 4.76. The number of piperidine rings is 1. The topological polar surface area (TPSA) is 39.5 Å². The monoisotopic (exact) mass is 477 g/mol. The molecule has 0 spiro atoms. The van der Waals surface area contributed by atoms with Crippen molar-refractivity contribution in [2.75, 3.05) is 33.8 Å². The molecule has 0 aromatic heterocycles. The number of halogens is 2. The van der Waals surface area contributed by atoms with E-state index in [4.69, 9.17) is 4.74 Å². The van der Waals surface area contributed by atoms with Gasteiger partial charge in [-0.3, -0.25) is 4.90 Å². The third-order valence-electron chi connectivity index (χ3n) is 7.00. The molecular weight excluding hydrogens is 441 g/mol. The lowest BCUT2D eigenvalue weighted by atomic mass is 9.63. The van der Waals surface area contributed by atoms with Crippen LogP contribution < -0.4 is 4.74 Å². The van der Waals surface area contributed by atoms with Gasteiger partial charge in [-0.05, 0) is 56.0 Å². The van der Waals surface area contributed by atoms with Crippen molar-refractivity contribution in [3.8, 4) is 11.8 Å². The van der Waals surface area contributed by atoms with Gasteiger partial charge in [0.1, 0.15) is 5.75 Å². The summed E-state index contributed by atoms with van der Waals surface area (Å²) in [6.45, 7) is 7.98. The average Bonchev–Trinajstić information content (AvgIpc) is 2.76. The Morgan fingerprint density at radius 2 is 1.75 bits per heavy atom. The van der Waals surface area contributed by atoms with Crippen molar-refractivity contribution in [3.05, 3.63) is 65.7 Å². The Morgan fingerprint density at radius 3 is 2.34 bits per heavy atom. The summed E-state index contributed by atoms with van der Waals surface area (Å²) in [5.41, 5.74) is 2.80. The second-order valence-electron chi connectivity index (χ2n) is 8.88. The second kappa shape index (κ2) is 13.1. The second-order valence-corrected chi connectivity index (χ2v) is 8.88. The van der Waals surface area contributed by atoms with Gasteiger partial charge in [-0.15, -0.1) is 24.8 Å². The Bertz CT molecular complexity index is 840. The lowest BCUT2D eigenvalue weighted by Crippen LogP contribution is -2.52. The highest BCUT2D eigenvalue weighted by Gasteiger charge is 2.43. The van der Waals surface area contributed by atoms with Crippen LogP contribution in [-0.4, -0.2) is 49.6 Å². The first-order valence-electron chi connectivity index (χ1n) is 11.0. The largest absolute Gasteiger partial charge is 0.497 e. The number of likely N-dealkylation sites (tertiary alicyclic amines) is 1.